The van der Waals surface area contributed by atoms with Crippen molar-refractivity contribution in [3.05, 3.63) is 71.8 Å². The number of rotatable bonds is 4. The van der Waals surface area contributed by atoms with Crippen LogP contribution >= 0.6 is 0 Å². The highest BCUT2D eigenvalue weighted by atomic mass is 16.3. The molecule has 2 N–H and O–H groups in total. The Morgan fingerprint density at radius 2 is 1.55 bits per heavy atom. The Labute approximate surface area is 132 Å². The lowest BCUT2D eigenvalue weighted by atomic mass is 9.80. The molecule has 0 heterocycles. The van der Waals surface area contributed by atoms with Gasteiger partial charge in [0.15, 0.2) is 0 Å². The Morgan fingerprint density at radius 3 is 2.09 bits per heavy atom. The van der Waals surface area contributed by atoms with Crippen molar-refractivity contribution >= 4 is 0 Å². The van der Waals surface area contributed by atoms with Crippen LogP contribution in [-0.2, 0) is 0 Å². The summed E-state index contributed by atoms with van der Waals surface area (Å²) in [6, 6.07) is 19.0. The second-order valence-corrected chi connectivity index (χ2v) is 5.54. The Balaban J connectivity index is 2.24. The van der Waals surface area contributed by atoms with Gasteiger partial charge in [-0.3, -0.25) is 0 Å². The Bertz CT molecular complexity index is 640. The zero-order valence-electron chi connectivity index (χ0n) is 13.0. The molecule has 2 rings (SSSR count). The predicted molar refractivity (Wildman–Crippen MR) is 89.1 cm³/mol. The molecule has 22 heavy (non-hydrogen) atoms. The van der Waals surface area contributed by atoms with E-state index in [2.05, 4.69) is 11.8 Å². The summed E-state index contributed by atoms with van der Waals surface area (Å²) in [6.07, 6.45) is -0.297. The van der Waals surface area contributed by atoms with Gasteiger partial charge in [0.2, 0.25) is 0 Å². The van der Waals surface area contributed by atoms with E-state index in [1.54, 1.807) is 0 Å². The number of aliphatic hydroxyl groups is 2. The van der Waals surface area contributed by atoms with Crippen LogP contribution in [0.5, 0.6) is 0 Å². The van der Waals surface area contributed by atoms with Crippen molar-refractivity contribution in [1.29, 1.82) is 0 Å². The van der Waals surface area contributed by atoms with Crippen LogP contribution in [0.25, 0.3) is 0 Å². The van der Waals surface area contributed by atoms with E-state index < -0.39 is 17.6 Å². The van der Waals surface area contributed by atoms with Crippen molar-refractivity contribution in [3.63, 3.8) is 0 Å². The zero-order chi connectivity index (χ0) is 16.0. The fourth-order valence-electron chi connectivity index (χ4n) is 2.43. The molecule has 0 bridgehead atoms. The van der Waals surface area contributed by atoms with Gasteiger partial charge in [0.1, 0.15) is 5.60 Å². The van der Waals surface area contributed by atoms with Crippen LogP contribution in [0.15, 0.2) is 60.7 Å². The van der Waals surface area contributed by atoms with Crippen molar-refractivity contribution in [2.75, 3.05) is 0 Å². The van der Waals surface area contributed by atoms with Gasteiger partial charge in [-0.25, -0.2) is 0 Å². The van der Waals surface area contributed by atoms with Crippen molar-refractivity contribution in [2.24, 2.45) is 5.92 Å². The van der Waals surface area contributed by atoms with Gasteiger partial charge in [0.25, 0.3) is 0 Å². The fourth-order valence-corrected chi connectivity index (χ4v) is 2.43. The van der Waals surface area contributed by atoms with E-state index in [9.17, 15) is 10.2 Å². The van der Waals surface area contributed by atoms with Crippen molar-refractivity contribution in [2.45, 2.75) is 32.0 Å². The smallest absolute Gasteiger partial charge is 0.130 e. The first-order valence-corrected chi connectivity index (χ1v) is 7.60. The SMILES string of the molecule is CC[C@](O)(C#Cc1ccccc1)[C@H](C)[C@@H](O)c1ccccc1. The molecule has 0 aliphatic heterocycles. The van der Waals surface area contributed by atoms with Gasteiger partial charge in [-0.15, -0.1) is 0 Å². The topological polar surface area (TPSA) is 40.5 Å². The maximum Gasteiger partial charge on any atom is 0.130 e. The van der Waals surface area contributed by atoms with Gasteiger partial charge in [-0.2, -0.15) is 0 Å². The molecule has 0 fully saturated rings. The molecular weight excluding hydrogens is 272 g/mol. The van der Waals surface area contributed by atoms with Gasteiger partial charge >= 0.3 is 0 Å². The third-order valence-corrected chi connectivity index (χ3v) is 4.10. The van der Waals surface area contributed by atoms with E-state index in [-0.39, 0.29) is 0 Å². The fraction of sp³-hybridized carbons (Fsp3) is 0.300. The lowest BCUT2D eigenvalue weighted by Crippen LogP contribution is -2.37. The maximum absolute atomic E-state index is 10.8. The van der Waals surface area contributed by atoms with Crippen molar-refractivity contribution in [3.8, 4) is 11.8 Å². The standard InChI is InChI=1S/C20H22O2/c1-3-20(22,15-14-17-10-6-4-7-11-17)16(2)19(21)18-12-8-5-9-13-18/h4-13,16,19,21-22H,3H2,1-2H3/t16-,19-,20+/m1/s1. The summed E-state index contributed by atoms with van der Waals surface area (Å²) in [5.41, 5.74) is 0.421. The molecule has 114 valence electrons. The number of aliphatic hydroxyl groups excluding tert-OH is 1. The average Bonchev–Trinajstić information content (AvgIpc) is 2.60. The maximum atomic E-state index is 10.8. The molecule has 2 heteroatoms. The van der Waals surface area contributed by atoms with Crippen molar-refractivity contribution in [1.82, 2.24) is 0 Å². The molecule has 0 aliphatic rings. The lowest BCUT2D eigenvalue weighted by Gasteiger charge is -2.32. The molecule has 0 aromatic heterocycles. The van der Waals surface area contributed by atoms with E-state index in [0.29, 0.717) is 6.42 Å². The van der Waals surface area contributed by atoms with E-state index >= 15 is 0 Å². The summed E-state index contributed by atoms with van der Waals surface area (Å²) in [5.74, 6) is 5.58. The second-order valence-electron chi connectivity index (χ2n) is 5.54. The number of hydrogen-bond acceptors (Lipinski definition) is 2. The monoisotopic (exact) mass is 294 g/mol. The summed E-state index contributed by atoms with van der Waals surface area (Å²) in [7, 11) is 0. The molecule has 2 nitrogen and oxygen atoms in total. The van der Waals surface area contributed by atoms with Crippen LogP contribution in [0.1, 0.15) is 37.5 Å². The highest BCUT2D eigenvalue weighted by Gasteiger charge is 2.35. The molecular formula is C20H22O2. The van der Waals surface area contributed by atoms with Crippen LogP contribution < -0.4 is 0 Å². The minimum Gasteiger partial charge on any atom is -0.388 e. The van der Waals surface area contributed by atoms with Gasteiger partial charge < -0.3 is 10.2 Å². The van der Waals surface area contributed by atoms with Crippen LogP contribution in [0.2, 0.25) is 0 Å². The Hall–Kier alpha value is -2.08. The van der Waals surface area contributed by atoms with Crippen LogP contribution in [0.3, 0.4) is 0 Å². The number of benzene rings is 2. The minimum absolute atomic E-state index is 0.392. The molecule has 2 aromatic carbocycles. The highest BCUT2D eigenvalue weighted by molar-refractivity contribution is 5.36. The first-order valence-electron chi connectivity index (χ1n) is 7.60. The third-order valence-electron chi connectivity index (χ3n) is 4.10. The molecule has 0 radical (unpaired) electrons. The highest BCUT2D eigenvalue weighted by Crippen LogP contribution is 2.32. The van der Waals surface area contributed by atoms with E-state index in [4.69, 9.17) is 0 Å². The van der Waals surface area contributed by atoms with E-state index in [0.717, 1.165) is 11.1 Å². The Kier molecular flexibility index (Phi) is 5.38. The van der Waals surface area contributed by atoms with E-state index in [1.807, 2.05) is 74.5 Å². The molecule has 3 atom stereocenters. The summed E-state index contributed by atoms with van der Waals surface area (Å²) >= 11 is 0. The van der Waals surface area contributed by atoms with Gasteiger partial charge in [-0.05, 0) is 24.1 Å². The van der Waals surface area contributed by atoms with Crippen LogP contribution in [0.4, 0.5) is 0 Å². The molecule has 0 spiro atoms. The minimum atomic E-state index is -1.23. The quantitative estimate of drug-likeness (QED) is 0.847. The second kappa shape index (κ2) is 7.26. The summed E-state index contributed by atoms with van der Waals surface area (Å²) < 4.78 is 0. The first kappa shape index (κ1) is 16.3. The van der Waals surface area contributed by atoms with Crippen LogP contribution in [-0.4, -0.2) is 15.8 Å². The average molecular weight is 294 g/mol. The van der Waals surface area contributed by atoms with Gasteiger partial charge in [-0.1, -0.05) is 74.2 Å². The zero-order valence-corrected chi connectivity index (χ0v) is 13.0. The summed E-state index contributed by atoms with van der Waals surface area (Å²) in [4.78, 5) is 0. The molecule has 2 aromatic rings. The van der Waals surface area contributed by atoms with E-state index in [1.165, 1.54) is 0 Å². The predicted octanol–water partition coefficient (Wildman–Crippen LogP) is 3.55. The Morgan fingerprint density at radius 1 is 1.00 bits per heavy atom. The van der Waals surface area contributed by atoms with Gasteiger partial charge in [0, 0.05) is 11.5 Å². The molecule has 0 aliphatic carbocycles. The molecule has 0 amide bonds. The van der Waals surface area contributed by atoms with Crippen LogP contribution in [0, 0.1) is 17.8 Å². The van der Waals surface area contributed by atoms with Gasteiger partial charge in [0.05, 0.1) is 6.10 Å². The largest absolute Gasteiger partial charge is 0.388 e. The van der Waals surface area contributed by atoms with Crippen molar-refractivity contribution < 1.29 is 10.2 Å². The lowest BCUT2D eigenvalue weighted by molar-refractivity contribution is -0.0267. The normalized spacial score (nSPS) is 16.0. The first-order chi connectivity index (χ1) is 10.6. The third kappa shape index (κ3) is 3.76. The number of hydrogen-bond donors (Lipinski definition) is 2. The summed E-state index contributed by atoms with van der Waals surface area (Å²) in [6.45, 7) is 3.72. The molecule has 0 saturated carbocycles. The molecule has 0 unspecified atom stereocenters. The molecule has 0 saturated heterocycles. The summed E-state index contributed by atoms with van der Waals surface area (Å²) in [5, 5.41) is 21.4.